The van der Waals surface area contributed by atoms with Gasteiger partial charge >= 0.3 is 0 Å². The number of benzene rings is 1. The molecule has 0 aliphatic rings. The molecule has 0 radical (unpaired) electrons. The molecule has 1 aromatic carbocycles. The van der Waals surface area contributed by atoms with Gasteiger partial charge in [-0.2, -0.15) is 0 Å². The maximum absolute atomic E-state index is 13.4. The van der Waals surface area contributed by atoms with E-state index in [-0.39, 0.29) is 0 Å². The first-order valence-corrected chi connectivity index (χ1v) is 6.05. The first-order valence-electron chi connectivity index (χ1n) is 5.67. The molecule has 0 saturated carbocycles. The third-order valence-corrected chi connectivity index (χ3v) is 2.83. The Morgan fingerprint density at radius 1 is 1.28 bits per heavy atom. The first kappa shape index (κ1) is 12.8. The highest BCUT2D eigenvalue weighted by Gasteiger charge is 2.12. The number of aromatic nitrogens is 2. The van der Waals surface area contributed by atoms with Crippen LogP contribution >= 0.6 is 11.6 Å². The number of nitrogens with zero attached hydrogens (tertiary/aromatic N) is 2. The van der Waals surface area contributed by atoms with Gasteiger partial charge in [-0.15, -0.1) is 0 Å². The van der Waals surface area contributed by atoms with Gasteiger partial charge in [0.2, 0.25) is 0 Å². The molecule has 3 nitrogen and oxygen atoms in total. The summed E-state index contributed by atoms with van der Waals surface area (Å²) in [5.41, 5.74) is 7.94. The summed E-state index contributed by atoms with van der Waals surface area (Å²) >= 11 is 5.85. The van der Waals surface area contributed by atoms with Crippen LogP contribution in [0.25, 0.3) is 11.3 Å². The van der Waals surface area contributed by atoms with Crippen molar-refractivity contribution in [2.45, 2.75) is 19.8 Å². The molecule has 94 valence electrons. The van der Waals surface area contributed by atoms with Gasteiger partial charge in [-0.25, -0.2) is 14.4 Å². The molecule has 1 aromatic heterocycles. The Morgan fingerprint density at radius 3 is 2.72 bits per heavy atom. The summed E-state index contributed by atoms with van der Waals surface area (Å²) in [6.45, 7) is 2.04. The molecule has 2 N–H and O–H groups in total. The predicted octanol–water partition coefficient (Wildman–Crippen LogP) is 3.47. The Morgan fingerprint density at radius 2 is 2.06 bits per heavy atom. The third kappa shape index (κ3) is 2.59. The molecule has 0 amide bonds. The van der Waals surface area contributed by atoms with Crippen LogP contribution in [0.4, 0.5) is 10.2 Å². The number of hydrogen-bond donors (Lipinski definition) is 1. The Labute approximate surface area is 110 Å². The normalized spacial score (nSPS) is 10.6. The minimum Gasteiger partial charge on any atom is -0.383 e. The summed E-state index contributed by atoms with van der Waals surface area (Å²) in [4.78, 5) is 8.16. The van der Waals surface area contributed by atoms with Gasteiger partial charge in [-0.1, -0.05) is 24.9 Å². The number of hydrogen-bond acceptors (Lipinski definition) is 3. The van der Waals surface area contributed by atoms with E-state index in [1.807, 2.05) is 6.92 Å². The fourth-order valence-electron chi connectivity index (χ4n) is 1.86. The SMILES string of the molecule is CCCc1c(N)ncnc1-c1cc(F)cc(Cl)c1. The second-order valence-electron chi connectivity index (χ2n) is 3.99. The van der Waals surface area contributed by atoms with Crippen molar-refractivity contribution in [2.24, 2.45) is 0 Å². The van der Waals surface area contributed by atoms with E-state index in [0.29, 0.717) is 22.1 Å². The van der Waals surface area contributed by atoms with Gasteiger partial charge in [0.05, 0.1) is 5.69 Å². The maximum atomic E-state index is 13.4. The van der Waals surface area contributed by atoms with Gasteiger partial charge in [-0.05, 0) is 24.6 Å². The Kier molecular flexibility index (Phi) is 3.77. The number of rotatable bonds is 3. The van der Waals surface area contributed by atoms with Gasteiger partial charge in [0, 0.05) is 16.1 Å². The lowest BCUT2D eigenvalue weighted by Crippen LogP contribution is -2.02. The van der Waals surface area contributed by atoms with Crippen LogP contribution in [0.3, 0.4) is 0 Å². The van der Waals surface area contributed by atoms with Crippen molar-refractivity contribution in [3.63, 3.8) is 0 Å². The van der Waals surface area contributed by atoms with Crippen molar-refractivity contribution < 1.29 is 4.39 Å². The fourth-order valence-corrected chi connectivity index (χ4v) is 2.08. The van der Waals surface area contributed by atoms with Gasteiger partial charge in [0.25, 0.3) is 0 Å². The van der Waals surface area contributed by atoms with Crippen LogP contribution in [0, 0.1) is 5.82 Å². The van der Waals surface area contributed by atoms with E-state index >= 15 is 0 Å². The molecule has 0 saturated heterocycles. The maximum Gasteiger partial charge on any atom is 0.130 e. The second-order valence-corrected chi connectivity index (χ2v) is 4.43. The lowest BCUT2D eigenvalue weighted by atomic mass is 10.0. The average molecular weight is 266 g/mol. The van der Waals surface area contributed by atoms with Crippen molar-refractivity contribution in [3.8, 4) is 11.3 Å². The summed E-state index contributed by atoms with van der Waals surface area (Å²) in [6.07, 6.45) is 3.03. The smallest absolute Gasteiger partial charge is 0.130 e. The molecule has 0 aliphatic heterocycles. The highest BCUT2D eigenvalue weighted by molar-refractivity contribution is 6.30. The quantitative estimate of drug-likeness (QED) is 0.924. The number of nitrogens with two attached hydrogens (primary N) is 1. The summed E-state index contributed by atoms with van der Waals surface area (Å²) in [7, 11) is 0. The zero-order valence-corrected chi connectivity index (χ0v) is 10.7. The molecule has 5 heteroatoms. The highest BCUT2D eigenvalue weighted by Crippen LogP contribution is 2.28. The van der Waals surface area contributed by atoms with E-state index in [4.69, 9.17) is 17.3 Å². The molecule has 2 aromatic rings. The van der Waals surface area contributed by atoms with E-state index < -0.39 is 5.82 Å². The first-order chi connectivity index (χ1) is 8.61. The standard InChI is InChI=1S/C13H13ClFN3/c1-2-3-11-12(17-7-18-13(11)16)8-4-9(14)6-10(15)5-8/h4-7H,2-3H2,1H3,(H2,16,17,18). The summed E-state index contributed by atoms with van der Waals surface area (Å²) < 4.78 is 13.4. The molecule has 0 spiro atoms. The van der Waals surface area contributed by atoms with Crippen molar-refractivity contribution in [2.75, 3.05) is 5.73 Å². The van der Waals surface area contributed by atoms with Crippen molar-refractivity contribution >= 4 is 17.4 Å². The Bertz CT molecular complexity index is 552. The van der Waals surface area contributed by atoms with E-state index in [1.165, 1.54) is 18.5 Å². The topological polar surface area (TPSA) is 51.8 Å². The van der Waals surface area contributed by atoms with Crippen LogP contribution in [0.15, 0.2) is 24.5 Å². The van der Waals surface area contributed by atoms with Crippen LogP contribution < -0.4 is 5.73 Å². The van der Waals surface area contributed by atoms with Gasteiger partial charge in [0.15, 0.2) is 0 Å². The Hall–Kier alpha value is -1.68. The molecule has 0 fully saturated rings. The number of nitrogen functional groups attached to an aromatic ring is 1. The monoisotopic (exact) mass is 265 g/mol. The third-order valence-electron chi connectivity index (χ3n) is 2.61. The lowest BCUT2D eigenvalue weighted by Gasteiger charge is -2.10. The second kappa shape index (κ2) is 5.31. The molecule has 0 atom stereocenters. The molecule has 0 aliphatic carbocycles. The number of anilines is 1. The minimum absolute atomic E-state index is 0.338. The van der Waals surface area contributed by atoms with Gasteiger partial charge in [-0.3, -0.25) is 0 Å². The van der Waals surface area contributed by atoms with E-state index in [2.05, 4.69) is 9.97 Å². The molecule has 2 rings (SSSR count). The van der Waals surface area contributed by atoms with Crippen molar-refractivity contribution in [3.05, 3.63) is 40.9 Å². The molecular weight excluding hydrogens is 253 g/mol. The zero-order chi connectivity index (χ0) is 13.1. The van der Waals surface area contributed by atoms with E-state index in [9.17, 15) is 4.39 Å². The van der Waals surface area contributed by atoms with Crippen molar-refractivity contribution in [1.29, 1.82) is 0 Å². The summed E-state index contributed by atoms with van der Waals surface area (Å²) in [6, 6.07) is 4.33. The van der Waals surface area contributed by atoms with Crippen LogP contribution in [-0.4, -0.2) is 9.97 Å². The largest absolute Gasteiger partial charge is 0.383 e. The van der Waals surface area contributed by atoms with Crippen molar-refractivity contribution in [1.82, 2.24) is 9.97 Å². The van der Waals surface area contributed by atoms with E-state index in [1.54, 1.807) is 6.07 Å². The highest BCUT2D eigenvalue weighted by atomic mass is 35.5. The fraction of sp³-hybridized carbons (Fsp3) is 0.231. The predicted molar refractivity (Wildman–Crippen MR) is 70.8 cm³/mol. The molecule has 18 heavy (non-hydrogen) atoms. The van der Waals surface area contributed by atoms with Crippen LogP contribution in [-0.2, 0) is 6.42 Å². The zero-order valence-electron chi connectivity index (χ0n) is 9.95. The lowest BCUT2D eigenvalue weighted by molar-refractivity contribution is 0.628. The molecule has 0 bridgehead atoms. The Balaban J connectivity index is 2.59. The molecular formula is C13H13ClFN3. The van der Waals surface area contributed by atoms with Gasteiger partial charge < -0.3 is 5.73 Å². The average Bonchev–Trinajstić information content (AvgIpc) is 2.30. The summed E-state index contributed by atoms with van der Waals surface area (Å²) in [5.74, 6) is 0.0411. The van der Waals surface area contributed by atoms with Crippen LogP contribution in [0.5, 0.6) is 0 Å². The molecule has 0 unspecified atom stereocenters. The number of halogens is 2. The van der Waals surface area contributed by atoms with Gasteiger partial charge in [0.1, 0.15) is 18.0 Å². The van der Waals surface area contributed by atoms with E-state index in [0.717, 1.165) is 18.4 Å². The molecule has 1 heterocycles. The summed E-state index contributed by atoms with van der Waals surface area (Å²) in [5, 5.41) is 0.338. The minimum atomic E-state index is -0.392. The van der Waals surface area contributed by atoms with Crippen LogP contribution in [0.1, 0.15) is 18.9 Å². The van der Waals surface area contributed by atoms with Crippen LogP contribution in [0.2, 0.25) is 5.02 Å².